The van der Waals surface area contributed by atoms with Gasteiger partial charge in [0.05, 0.1) is 73.6 Å². The summed E-state index contributed by atoms with van der Waals surface area (Å²) >= 11 is 0. The predicted octanol–water partition coefficient (Wildman–Crippen LogP) is 4.18. The number of methoxy groups -OCH3 is 8. The van der Waals surface area contributed by atoms with E-state index in [-0.39, 0.29) is 17.3 Å². The van der Waals surface area contributed by atoms with Crippen molar-refractivity contribution in [2.45, 2.75) is 0 Å². The molecule has 0 bridgehead atoms. The standard InChI is InChI=1S/C27H30O9/c1-29-16-11-20(33-5)25(21(12-16)34-6)27(24-18(31-3)9-15(28)10-19(24)32-4)26-22(35-7)13-17(30-2)14-23(26)36-8/h9-14H,1-8H3. The highest BCUT2D eigenvalue weighted by molar-refractivity contribution is 6.06. The van der Waals surface area contributed by atoms with Crippen molar-refractivity contribution in [1.29, 1.82) is 0 Å². The van der Waals surface area contributed by atoms with E-state index in [9.17, 15) is 4.79 Å². The first-order valence-electron chi connectivity index (χ1n) is 10.8. The molecule has 0 saturated carbocycles. The van der Waals surface area contributed by atoms with Crippen molar-refractivity contribution >= 4 is 11.4 Å². The first-order valence-corrected chi connectivity index (χ1v) is 10.8. The Kier molecular flexibility index (Phi) is 8.37. The van der Waals surface area contributed by atoms with E-state index in [2.05, 4.69) is 0 Å². The highest BCUT2D eigenvalue weighted by atomic mass is 16.5. The van der Waals surface area contributed by atoms with Crippen molar-refractivity contribution in [2.75, 3.05) is 56.9 Å². The van der Waals surface area contributed by atoms with E-state index >= 15 is 0 Å². The molecule has 0 fully saturated rings. The molecule has 9 heteroatoms. The summed E-state index contributed by atoms with van der Waals surface area (Å²) in [6.07, 6.45) is 2.76. The average Bonchev–Trinajstić information content (AvgIpc) is 2.92. The molecule has 0 atom stereocenters. The molecule has 0 aliphatic heterocycles. The number of ketones is 1. The summed E-state index contributed by atoms with van der Waals surface area (Å²) in [6.45, 7) is 0. The van der Waals surface area contributed by atoms with Crippen LogP contribution in [0.3, 0.4) is 0 Å². The fourth-order valence-electron chi connectivity index (χ4n) is 4.01. The van der Waals surface area contributed by atoms with E-state index in [0.29, 0.717) is 56.8 Å². The van der Waals surface area contributed by atoms with Gasteiger partial charge in [0.15, 0.2) is 5.78 Å². The van der Waals surface area contributed by atoms with Crippen LogP contribution in [0.25, 0.3) is 5.57 Å². The molecule has 1 aliphatic rings. The van der Waals surface area contributed by atoms with Crippen LogP contribution >= 0.6 is 0 Å². The van der Waals surface area contributed by atoms with Crippen LogP contribution in [0.5, 0.6) is 34.5 Å². The molecule has 1 aliphatic carbocycles. The molecule has 36 heavy (non-hydrogen) atoms. The molecular weight excluding hydrogens is 468 g/mol. The summed E-state index contributed by atoms with van der Waals surface area (Å²) in [7, 11) is 12.2. The number of allylic oxidation sites excluding steroid dienone is 2. The normalized spacial score (nSPS) is 12.8. The molecule has 0 saturated heterocycles. The molecule has 0 radical (unpaired) electrons. The van der Waals surface area contributed by atoms with Crippen LogP contribution < -0.4 is 28.4 Å². The average molecular weight is 499 g/mol. The Balaban J connectivity index is 2.65. The van der Waals surface area contributed by atoms with Gasteiger partial charge in [-0.1, -0.05) is 0 Å². The topological polar surface area (TPSA) is 90.9 Å². The number of hydrogen-bond donors (Lipinski definition) is 0. The highest BCUT2D eigenvalue weighted by Gasteiger charge is 2.33. The van der Waals surface area contributed by atoms with Crippen molar-refractivity contribution in [3.05, 3.63) is 64.6 Å². The van der Waals surface area contributed by atoms with Gasteiger partial charge >= 0.3 is 0 Å². The molecule has 192 valence electrons. The zero-order valence-electron chi connectivity index (χ0n) is 21.6. The molecule has 0 aromatic heterocycles. The lowest BCUT2D eigenvalue weighted by atomic mass is 9.86. The van der Waals surface area contributed by atoms with Gasteiger partial charge in [-0.15, -0.1) is 0 Å². The van der Waals surface area contributed by atoms with Crippen LogP contribution in [-0.4, -0.2) is 62.7 Å². The lowest BCUT2D eigenvalue weighted by Crippen LogP contribution is -2.13. The van der Waals surface area contributed by atoms with Gasteiger partial charge in [0.2, 0.25) is 0 Å². The third-order valence-corrected chi connectivity index (χ3v) is 5.66. The largest absolute Gasteiger partial charge is 0.496 e. The second-order valence-corrected chi connectivity index (χ2v) is 7.39. The first-order chi connectivity index (χ1) is 17.4. The smallest absolute Gasteiger partial charge is 0.186 e. The van der Waals surface area contributed by atoms with Crippen molar-refractivity contribution in [3.63, 3.8) is 0 Å². The summed E-state index contributed by atoms with van der Waals surface area (Å²) in [5.41, 5.74) is 2.02. The van der Waals surface area contributed by atoms with E-state index in [4.69, 9.17) is 37.9 Å². The predicted molar refractivity (Wildman–Crippen MR) is 133 cm³/mol. The van der Waals surface area contributed by atoms with Gasteiger partial charge in [-0.3, -0.25) is 4.79 Å². The minimum atomic E-state index is -0.283. The molecule has 3 rings (SSSR count). The van der Waals surface area contributed by atoms with Crippen LogP contribution in [0, 0.1) is 0 Å². The summed E-state index contributed by atoms with van der Waals surface area (Å²) < 4.78 is 45.4. The van der Waals surface area contributed by atoms with Crippen LogP contribution in [0.15, 0.2) is 53.5 Å². The van der Waals surface area contributed by atoms with Crippen molar-refractivity contribution in [2.24, 2.45) is 0 Å². The lowest BCUT2D eigenvalue weighted by Gasteiger charge is -2.26. The Bertz CT molecular complexity index is 1100. The Labute approximate surface area is 210 Å². The molecule has 0 amide bonds. The summed E-state index contributed by atoms with van der Waals surface area (Å²) in [5, 5.41) is 0. The van der Waals surface area contributed by atoms with Gasteiger partial charge in [0.1, 0.15) is 46.0 Å². The maximum Gasteiger partial charge on any atom is 0.186 e. The Hall–Kier alpha value is -4.27. The second kappa shape index (κ2) is 11.4. The molecule has 9 nitrogen and oxygen atoms in total. The summed E-state index contributed by atoms with van der Waals surface area (Å²) in [6, 6.07) is 6.89. The number of rotatable bonds is 10. The molecule has 2 aromatic rings. The fourth-order valence-corrected chi connectivity index (χ4v) is 4.01. The van der Waals surface area contributed by atoms with Crippen molar-refractivity contribution in [1.82, 2.24) is 0 Å². The van der Waals surface area contributed by atoms with Crippen molar-refractivity contribution < 1.29 is 42.7 Å². The molecule has 0 spiro atoms. The zero-order chi connectivity index (χ0) is 26.4. The number of carbonyl (C=O) groups excluding carboxylic acids is 1. The van der Waals surface area contributed by atoms with Crippen LogP contribution in [0.2, 0.25) is 0 Å². The number of hydrogen-bond acceptors (Lipinski definition) is 9. The van der Waals surface area contributed by atoms with Gasteiger partial charge in [-0.25, -0.2) is 0 Å². The molecular formula is C27H30O9. The maximum absolute atomic E-state index is 12.4. The fraction of sp³-hybridized carbons (Fsp3) is 0.296. The van der Waals surface area contributed by atoms with Gasteiger partial charge in [-0.05, 0) is 0 Å². The zero-order valence-corrected chi connectivity index (χ0v) is 21.6. The van der Waals surface area contributed by atoms with Crippen LogP contribution in [0.1, 0.15) is 11.1 Å². The maximum atomic E-state index is 12.4. The number of benzene rings is 2. The van der Waals surface area contributed by atoms with E-state index in [1.807, 2.05) is 0 Å². The van der Waals surface area contributed by atoms with Crippen LogP contribution in [-0.2, 0) is 14.3 Å². The highest BCUT2D eigenvalue weighted by Crippen LogP contribution is 2.51. The minimum absolute atomic E-state index is 0.272. The van der Waals surface area contributed by atoms with Gasteiger partial charge < -0.3 is 37.9 Å². The third-order valence-electron chi connectivity index (χ3n) is 5.66. The quantitative estimate of drug-likeness (QED) is 0.478. The molecule has 2 aromatic carbocycles. The molecule has 0 N–H and O–H groups in total. The SMILES string of the molecule is COC1=CC(=O)C=C(OC)C1=C(c1c(OC)cc(OC)cc1OC)c1c(OC)cc(OC)cc1OC. The minimum Gasteiger partial charge on any atom is -0.496 e. The summed E-state index contributed by atoms with van der Waals surface area (Å²) in [4.78, 5) is 12.4. The van der Waals surface area contributed by atoms with E-state index in [0.717, 1.165) is 0 Å². The van der Waals surface area contributed by atoms with Crippen molar-refractivity contribution in [3.8, 4) is 34.5 Å². The number of carbonyl (C=O) groups is 1. The van der Waals surface area contributed by atoms with E-state index in [1.54, 1.807) is 38.5 Å². The van der Waals surface area contributed by atoms with E-state index < -0.39 is 0 Å². The Morgan fingerprint density at radius 2 is 0.833 bits per heavy atom. The third kappa shape index (κ3) is 4.77. The first kappa shape index (κ1) is 26.3. The Morgan fingerprint density at radius 1 is 0.500 bits per heavy atom. The second-order valence-electron chi connectivity index (χ2n) is 7.39. The Morgan fingerprint density at radius 3 is 1.08 bits per heavy atom. The molecule has 0 heterocycles. The van der Waals surface area contributed by atoms with Gasteiger partial charge in [0.25, 0.3) is 0 Å². The van der Waals surface area contributed by atoms with Crippen LogP contribution in [0.4, 0.5) is 0 Å². The molecule has 0 unspecified atom stereocenters. The summed E-state index contributed by atoms with van der Waals surface area (Å²) in [5.74, 6) is 3.02. The monoisotopic (exact) mass is 498 g/mol. The van der Waals surface area contributed by atoms with Gasteiger partial charge in [0, 0.05) is 42.0 Å². The lowest BCUT2D eigenvalue weighted by molar-refractivity contribution is -0.110. The van der Waals surface area contributed by atoms with E-state index in [1.165, 1.54) is 54.8 Å². The number of ether oxygens (including phenoxy) is 8. The van der Waals surface area contributed by atoms with Gasteiger partial charge in [-0.2, -0.15) is 0 Å².